The standard InChI is InChI=1S/C21H31N3O/c1-17(2)10-11-24-14-19-8-9-20(24)15-23(13-19)16-21(25)22-12-18-6-4-3-5-7-18/h3-7,10,19-20H,8-9,11-16H2,1-2H3,(H,22,25)/t19-,20+/m1/s1. The van der Waals surface area contributed by atoms with E-state index in [1.165, 1.54) is 25.0 Å². The van der Waals surface area contributed by atoms with Crippen LogP contribution in [0.3, 0.4) is 0 Å². The van der Waals surface area contributed by atoms with Crippen molar-refractivity contribution in [2.75, 3.05) is 32.7 Å². The van der Waals surface area contributed by atoms with Gasteiger partial charge in [0.1, 0.15) is 0 Å². The Balaban J connectivity index is 1.50. The maximum atomic E-state index is 12.4. The molecule has 0 unspecified atom stereocenters. The minimum Gasteiger partial charge on any atom is -0.351 e. The lowest BCUT2D eigenvalue weighted by atomic mass is 9.95. The first-order valence-corrected chi connectivity index (χ1v) is 9.50. The van der Waals surface area contributed by atoms with Crippen LogP contribution >= 0.6 is 0 Å². The van der Waals surface area contributed by atoms with E-state index in [-0.39, 0.29) is 5.91 Å². The Hall–Kier alpha value is -1.65. The lowest BCUT2D eigenvalue weighted by Crippen LogP contribution is -2.44. The van der Waals surface area contributed by atoms with Gasteiger partial charge in [-0.25, -0.2) is 0 Å². The predicted molar refractivity (Wildman–Crippen MR) is 102 cm³/mol. The van der Waals surface area contributed by atoms with E-state index < -0.39 is 0 Å². The van der Waals surface area contributed by atoms with E-state index in [2.05, 4.69) is 35.0 Å². The summed E-state index contributed by atoms with van der Waals surface area (Å²) < 4.78 is 0. The number of benzene rings is 1. The maximum Gasteiger partial charge on any atom is 0.234 e. The fraction of sp³-hybridized carbons (Fsp3) is 0.571. The molecule has 3 fully saturated rings. The van der Waals surface area contributed by atoms with Gasteiger partial charge in [-0.2, -0.15) is 0 Å². The number of nitrogens with zero attached hydrogens (tertiary/aromatic N) is 2. The molecule has 136 valence electrons. The molecule has 1 aromatic carbocycles. The van der Waals surface area contributed by atoms with Crippen molar-refractivity contribution in [3.05, 3.63) is 47.5 Å². The molecule has 4 nitrogen and oxygen atoms in total. The third-order valence-electron chi connectivity index (χ3n) is 5.34. The van der Waals surface area contributed by atoms with Crippen molar-refractivity contribution in [3.8, 4) is 0 Å². The second-order valence-corrected chi connectivity index (χ2v) is 7.79. The summed E-state index contributed by atoms with van der Waals surface area (Å²) in [4.78, 5) is 17.3. The van der Waals surface area contributed by atoms with Crippen LogP contribution in [-0.4, -0.2) is 54.5 Å². The van der Waals surface area contributed by atoms with E-state index in [4.69, 9.17) is 0 Å². The molecule has 3 heterocycles. The molecule has 2 bridgehead atoms. The molecule has 4 rings (SSSR count). The first-order chi connectivity index (χ1) is 12.1. The molecular weight excluding hydrogens is 310 g/mol. The molecular formula is C21H31N3O. The summed E-state index contributed by atoms with van der Waals surface area (Å²) in [6.07, 6.45) is 4.90. The van der Waals surface area contributed by atoms with Crippen LogP contribution in [0, 0.1) is 5.92 Å². The highest BCUT2D eigenvalue weighted by Gasteiger charge is 2.34. The van der Waals surface area contributed by atoms with Gasteiger partial charge in [0.25, 0.3) is 0 Å². The van der Waals surface area contributed by atoms with E-state index >= 15 is 0 Å². The van der Waals surface area contributed by atoms with E-state index in [1.54, 1.807) is 0 Å². The van der Waals surface area contributed by atoms with Crippen molar-refractivity contribution in [1.82, 2.24) is 15.1 Å². The maximum absolute atomic E-state index is 12.4. The molecule has 3 aliphatic rings. The van der Waals surface area contributed by atoms with Crippen molar-refractivity contribution < 1.29 is 4.79 Å². The Morgan fingerprint density at radius 3 is 2.72 bits per heavy atom. The number of fused-ring (bicyclic) bond motifs is 4. The molecule has 0 aromatic heterocycles. The lowest BCUT2D eigenvalue weighted by molar-refractivity contribution is -0.122. The zero-order valence-corrected chi connectivity index (χ0v) is 15.6. The fourth-order valence-electron chi connectivity index (χ4n) is 3.98. The second-order valence-electron chi connectivity index (χ2n) is 7.79. The van der Waals surface area contributed by atoms with E-state index in [1.807, 2.05) is 30.3 Å². The molecule has 0 aliphatic carbocycles. The topological polar surface area (TPSA) is 35.6 Å². The predicted octanol–water partition coefficient (Wildman–Crippen LogP) is 2.67. The first-order valence-electron chi connectivity index (χ1n) is 9.50. The van der Waals surface area contributed by atoms with Gasteiger partial charge >= 0.3 is 0 Å². The highest BCUT2D eigenvalue weighted by atomic mass is 16.2. The number of amides is 1. The van der Waals surface area contributed by atoms with Gasteiger partial charge in [0, 0.05) is 38.8 Å². The molecule has 1 N–H and O–H groups in total. The average molecular weight is 341 g/mol. The summed E-state index contributed by atoms with van der Waals surface area (Å²) in [5.74, 6) is 0.840. The smallest absolute Gasteiger partial charge is 0.234 e. The summed E-state index contributed by atoms with van der Waals surface area (Å²) in [6, 6.07) is 10.7. The summed E-state index contributed by atoms with van der Waals surface area (Å²) in [7, 11) is 0. The number of allylic oxidation sites excluding steroid dienone is 1. The third-order valence-corrected chi connectivity index (χ3v) is 5.34. The number of rotatable bonds is 6. The van der Waals surface area contributed by atoms with Crippen LogP contribution in [0.2, 0.25) is 0 Å². The average Bonchev–Trinajstić information content (AvgIpc) is 2.89. The van der Waals surface area contributed by atoms with Crippen LogP contribution in [-0.2, 0) is 11.3 Å². The normalized spacial score (nSPS) is 23.9. The minimum absolute atomic E-state index is 0.140. The lowest BCUT2D eigenvalue weighted by Gasteiger charge is -2.35. The molecule has 25 heavy (non-hydrogen) atoms. The van der Waals surface area contributed by atoms with Crippen LogP contribution in [0.15, 0.2) is 42.0 Å². The Bertz CT molecular complexity index is 594. The number of piperidine rings is 1. The summed E-state index contributed by atoms with van der Waals surface area (Å²) in [6.45, 7) is 9.78. The Labute approximate surface area is 151 Å². The summed E-state index contributed by atoms with van der Waals surface area (Å²) in [5.41, 5.74) is 2.54. The summed E-state index contributed by atoms with van der Waals surface area (Å²) >= 11 is 0. The van der Waals surface area contributed by atoms with Crippen LogP contribution < -0.4 is 5.32 Å². The molecule has 0 spiro atoms. The number of carbonyl (C=O) groups is 1. The minimum atomic E-state index is 0.140. The highest BCUT2D eigenvalue weighted by Crippen LogP contribution is 2.27. The third kappa shape index (κ3) is 5.41. The number of hydrogen-bond donors (Lipinski definition) is 1. The van der Waals surface area contributed by atoms with Crippen LogP contribution in [0.25, 0.3) is 0 Å². The Morgan fingerprint density at radius 2 is 1.96 bits per heavy atom. The highest BCUT2D eigenvalue weighted by molar-refractivity contribution is 5.78. The van der Waals surface area contributed by atoms with Crippen molar-refractivity contribution in [2.45, 2.75) is 39.3 Å². The van der Waals surface area contributed by atoms with Gasteiger partial charge < -0.3 is 5.32 Å². The molecule has 0 radical (unpaired) electrons. The van der Waals surface area contributed by atoms with E-state index in [0.29, 0.717) is 25.0 Å². The molecule has 3 saturated heterocycles. The molecule has 2 atom stereocenters. The van der Waals surface area contributed by atoms with Gasteiger partial charge in [-0.1, -0.05) is 42.0 Å². The molecule has 1 aromatic rings. The number of carbonyl (C=O) groups excluding carboxylic acids is 1. The SMILES string of the molecule is CC(C)=CCN1C[C@@H]2CC[C@H]1CN(CC(=O)NCc1ccccc1)C2. The molecule has 3 aliphatic heterocycles. The van der Waals surface area contributed by atoms with Gasteiger partial charge in [-0.05, 0) is 38.2 Å². The van der Waals surface area contributed by atoms with Crippen molar-refractivity contribution in [3.63, 3.8) is 0 Å². The van der Waals surface area contributed by atoms with Gasteiger partial charge in [-0.3, -0.25) is 14.6 Å². The fourth-order valence-corrected chi connectivity index (χ4v) is 3.98. The van der Waals surface area contributed by atoms with Crippen molar-refractivity contribution in [2.24, 2.45) is 5.92 Å². The van der Waals surface area contributed by atoms with Crippen LogP contribution in [0.1, 0.15) is 32.3 Å². The second kappa shape index (κ2) is 8.63. The number of nitrogens with one attached hydrogen (secondary N) is 1. The Kier molecular flexibility index (Phi) is 6.27. The largest absolute Gasteiger partial charge is 0.351 e. The molecule has 4 heteroatoms. The van der Waals surface area contributed by atoms with Crippen molar-refractivity contribution in [1.29, 1.82) is 0 Å². The van der Waals surface area contributed by atoms with Gasteiger partial charge in [-0.15, -0.1) is 0 Å². The molecule has 1 amide bonds. The van der Waals surface area contributed by atoms with Crippen LogP contribution in [0.4, 0.5) is 0 Å². The zero-order valence-electron chi connectivity index (χ0n) is 15.6. The first kappa shape index (κ1) is 18.2. The summed E-state index contributed by atoms with van der Waals surface area (Å²) in [5, 5.41) is 3.06. The zero-order chi connectivity index (χ0) is 17.6. The molecule has 0 saturated carbocycles. The van der Waals surface area contributed by atoms with Gasteiger partial charge in [0.2, 0.25) is 5.91 Å². The van der Waals surface area contributed by atoms with Gasteiger partial charge in [0.15, 0.2) is 0 Å². The monoisotopic (exact) mass is 341 g/mol. The van der Waals surface area contributed by atoms with Gasteiger partial charge in [0.05, 0.1) is 6.54 Å². The van der Waals surface area contributed by atoms with E-state index in [0.717, 1.165) is 25.2 Å². The van der Waals surface area contributed by atoms with Crippen LogP contribution in [0.5, 0.6) is 0 Å². The number of hydrogen-bond acceptors (Lipinski definition) is 3. The quantitative estimate of drug-likeness (QED) is 0.808. The van der Waals surface area contributed by atoms with Crippen molar-refractivity contribution >= 4 is 5.91 Å². The Morgan fingerprint density at radius 1 is 1.16 bits per heavy atom. The van der Waals surface area contributed by atoms with E-state index in [9.17, 15) is 4.79 Å².